The highest BCUT2D eigenvalue weighted by Gasteiger charge is 2.31. The molecular weight excluding hydrogens is 411 g/mol. The van der Waals surface area contributed by atoms with E-state index in [1.54, 1.807) is 6.08 Å². The molecule has 0 heterocycles. The van der Waals surface area contributed by atoms with Crippen LogP contribution in [0.15, 0.2) is 54.6 Å². The SMILES string of the molecule is Fc1ccc(C2=CCCC(c3ccc(OC(F)(F)F)cc3)=C2)c(F)c1.NC(N)=S. The Kier molecular flexibility index (Phi) is 7.33. The van der Waals surface area contributed by atoms with Gasteiger partial charge in [0.05, 0.1) is 0 Å². The van der Waals surface area contributed by atoms with Crippen molar-refractivity contribution in [1.82, 2.24) is 0 Å². The zero-order valence-corrected chi connectivity index (χ0v) is 15.8. The first-order valence-corrected chi connectivity index (χ1v) is 8.73. The van der Waals surface area contributed by atoms with Crippen LogP contribution in [0.5, 0.6) is 5.75 Å². The lowest BCUT2D eigenvalue weighted by molar-refractivity contribution is -0.274. The van der Waals surface area contributed by atoms with Gasteiger partial charge >= 0.3 is 6.36 Å². The second-order valence-electron chi connectivity index (χ2n) is 5.97. The number of ether oxygens (including phenoxy) is 1. The molecular formula is C20H17F5N2OS. The van der Waals surface area contributed by atoms with Gasteiger partial charge in [0.1, 0.15) is 17.4 Å². The summed E-state index contributed by atoms with van der Waals surface area (Å²) in [6.07, 6.45) is 0.201. The van der Waals surface area contributed by atoms with Gasteiger partial charge in [-0.1, -0.05) is 24.3 Å². The van der Waals surface area contributed by atoms with E-state index >= 15 is 0 Å². The predicted molar refractivity (Wildman–Crippen MR) is 106 cm³/mol. The summed E-state index contributed by atoms with van der Waals surface area (Å²) in [4.78, 5) is 0. The van der Waals surface area contributed by atoms with E-state index in [1.807, 2.05) is 6.08 Å². The molecule has 0 atom stereocenters. The molecule has 0 saturated heterocycles. The summed E-state index contributed by atoms with van der Waals surface area (Å²) < 4.78 is 67.4. The maximum Gasteiger partial charge on any atom is 0.573 e. The van der Waals surface area contributed by atoms with Crippen LogP contribution in [0.3, 0.4) is 0 Å². The lowest BCUT2D eigenvalue weighted by Crippen LogP contribution is -2.18. The molecule has 154 valence electrons. The molecule has 3 nitrogen and oxygen atoms in total. The number of alkyl halides is 3. The van der Waals surface area contributed by atoms with Gasteiger partial charge in [-0.3, -0.25) is 0 Å². The van der Waals surface area contributed by atoms with Gasteiger partial charge in [-0.2, -0.15) is 0 Å². The van der Waals surface area contributed by atoms with Crippen molar-refractivity contribution >= 4 is 28.5 Å². The fraction of sp³-hybridized carbons (Fsp3) is 0.150. The molecule has 0 saturated carbocycles. The number of thiocarbonyl (C=S) groups is 1. The molecule has 4 N–H and O–H groups in total. The summed E-state index contributed by atoms with van der Waals surface area (Å²) in [6.45, 7) is 0. The van der Waals surface area contributed by atoms with Crippen molar-refractivity contribution in [3.05, 3.63) is 77.4 Å². The van der Waals surface area contributed by atoms with Gasteiger partial charge in [-0.05, 0) is 66.0 Å². The Morgan fingerprint density at radius 3 is 2.17 bits per heavy atom. The van der Waals surface area contributed by atoms with Crippen LogP contribution in [0.1, 0.15) is 24.0 Å². The van der Waals surface area contributed by atoms with E-state index in [1.165, 1.54) is 36.4 Å². The summed E-state index contributed by atoms with van der Waals surface area (Å²) in [5.41, 5.74) is 11.7. The predicted octanol–water partition coefficient (Wildman–Crippen LogP) is 5.31. The van der Waals surface area contributed by atoms with Gasteiger partial charge in [-0.15, -0.1) is 13.2 Å². The molecule has 2 aromatic rings. The van der Waals surface area contributed by atoms with E-state index in [2.05, 4.69) is 28.4 Å². The molecule has 0 fully saturated rings. The van der Waals surface area contributed by atoms with Crippen molar-refractivity contribution in [2.24, 2.45) is 11.5 Å². The van der Waals surface area contributed by atoms with E-state index < -0.39 is 18.0 Å². The van der Waals surface area contributed by atoms with Crippen LogP contribution in [0.2, 0.25) is 0 Å². The molecule has 0 amide bonds. The van der Waals surface area contributed by atoms with Crippen molar-refractivity contribution in [1.29, 1.82) is 0 Å². The Bertz CT molecular complexity index is 933. The Morgan fingerprint density at radius 2 is 1.62 bits per heavy atom. The van der Waals surface area contributed by atoms with E-state index in [9.17, 15) is 22.0 Å². The number of benzene rings is 2. The van der Waals surface area contributed by atoms with Crippen molar-refractivity contribution in [3.8, 4) is 5.75 Å². The topological polar surface area (TPSA) is 61.3 Å². The number of hydrogen-bond acceptors (Lipinski definition) is 2. The zero-order chi connectivity index (χ0) is 21.6. The van der Waals surface area contributed by atoms with E-state index in [0.29, 0.717) is 18.4 Å². The van der Waals surface area contributed by atoms with Gasteiger partial charge in [-0.25, -0.2) is 8.78 Å². The number of rotatable bonds is 3. The Labute approximate surface area is 169 Å². The normalized spacial score (nSPS) is 13.6. The Balaban J connectivity index is 0.000000687. The van der Waals surface area contributed by atoms with Crippen molar-refractivity contribution in [2.45, 2.75) is 19.2 Å². The van der Waals surface area contributed by atoms with Gasteiger partial charge in [0.15, 0.2) is 5.11 Å². The molecule has 9 heteroatoms. The van der Waals surface area contributed by atoms with Crippen LogP contribution >= 0.6 is 12.2 Å². The third-order valence-corrected chi connectivity index (χ3v) is 3.81. The molecule has 2 aromatic carbocycles. The monoisotopic (exact) mass is 428 g/mol. The molecule has 0 aliphatic heterocycles. The number of nitrogens with two attached hydrogens (primary N) is 2. The third-order valence-electron chi connectivity index (χ3n) is 3.81. The smallest absolute Gasteiger partial charge is 0.406 e. The first-order valence-electron chi connectivity index (χ1n) is 8.32. The Morgan fingerprint density at radius 1 is 1.00 bits per heavy atom. The summed E-state index contributed by atoms with van der Waals surface area (Å²) in [7, 11) is 0. The van der Waals surface area contributed by atoms with Crippen LogP contribution in [0.25, 0.3) is 11.1 Å². The van der Waals surface area contributed by atoms with Gasteiger partial charge in [0.2, 0.25) is 0 Å². The molecule has 1 aliphatic rings. The largest absolute Gasteiger partial charge is 0.573 e. The fourth-order valence-corrected chi connectivity index (χ4v) is 2.71. The molecule has 0 spiro atoms. The highest BCUT2D eigenvalue weighted by atomic mass is 32.1. The van der Waals surface area contributed by atoms with Crippen LogP contribution in [0, 0.1) is 11.6 Å². The van der Waals surface area contributed by atoms with E-state index in [4.69, 9.17) is 0 Å². The Hall–Kier alpha value is -2.94. The first kappa shape index (κ1) is 22.4. The van der Waals surface area contributed by atoms with Crippen LogP contribution < -0.4 is 16.2 Å². The average molecular weight is 428 g/mol. The van der Waals surface area contributed by atoms with Gasteiger partial charge in [0.25, 0.3) is 0 Å². The lowest BCUT2D eigenvalue weighted by Gasteiger charge is -2.16. The second-order valence-corrected chi connectivity index (χ2v) is 6.44. The van der Waals surface area contributed by atoms with Crippen LogP contribution in [0.4, 0.5) is 22.0 Å². The zero-order valence-electron chi connectivity index (χ0n) is 15.0. The maximum absolute atomic E-state index is 13.9. The standard InChI is InChI=1S/C19H13F5O.CH4N2S/c20-15-6-9-17(18(21)11-15)14-3-1-2-13(10-14)12-4-7-16(8-5-12)25-19(22,23)24;2-1(3)4/h3-11H,1-2H2;(H4,2,3,4). The molecule has 3 rings (SSSR count). The summed E-state index contributed by atoms with van der Waals surface area (Å²) in [5.74, 6) is -1.60. The van der Waals surface area contributed by atoms with Crippen molar-refractivity contribution < 1.29 is 26.7 Å². The van der Waals surface area contributed by atoms with Crippen LogP contribution in [-0.2, 0) is 0 Å². The third kappa shape index (κ3) is 7.19. The molecule has 0 unspecified atom stereocenters. The number of halogens is 5. The molecule has 0 radical (unpaired) electrons. The number of allylic oxidation sites excluding steroid dienone is 4. The fourth-order valence-electron chi connectivity index (χ4n) is 2.71. The lowest BCUT2D eigenvalue weighted by atomic mass is 9.90. The van der Waals surface area contributed by atoms with Crippen molar-refractivity contribution in [2.75, 3.05) is 0 Å². The van der Waals surface area contributed by atoms with Crippen LogP contribution in [-0.4, -0.2) is 11.5 Å². The molecule has 0 bridgehead atoms. The summed E-state index contributed by atoms with van der Waals surface area (Å²) in [6, 6.07) is 8.90. The van der Waals surface area contributed by atoms with Gasteiger partial charge in [0, 0.05) is 11.6 Å². The van der Waals surface area contributed by atoms with E-state index in [0.717, 1.165) is 17.2 Å². The maximum atomic E-state index is 13.9. The average Bonchev–Trinajstić information content (AvgIpc) is 2.61. The highest BCUT2D eigenvalue weighted by Crippen LogP contribution is 2.33. The van der Waals surface area contributed by atoms with Gasteiger partial charge < -0.3 is 16.2 Å². The quantitative estimate of drug-likeness (QED) is 0.514. The first-order chi connectivity index (χ1) is 13.5. The molecule has 1 aliphatic carbocycles. The summed E-state index contributed by atoms with van der Waals surface area (Å²) in [5, 5.41) is 0.000000000000000222. The molecule has 0 aromatic heterocycles. The number of hydrogen-bond donors (Lipinski definition) is 2. The molecule has 29 heavy (non-hydrogen) atoms. The highest BCUT2D eigenvalue weighted by molar-refractivity contribution is 7.80. The minimum absolute atomic E-state index is 0.000000000000000222. The minimum Gasteiger partial charge on any atom is -0.406 e. The van der Waals surface area contributed by atoms with Crippen molar-refractivity contribution in [3.63, 3.8) is 0 Å². The second kappa shape index (κ2) is 9.51. The van der Waals surface area contributed by atoms with E-state index in [-0.39, 0.29) is 16.4 Å². The summed E-state index contributed by atoms with van der Waals surface area (Å²) >= 11 is 4.09. The minimum atomic E-state index is -4.73.